The van der Waals surface area contributed by atoms with E-state index in [1.165, 1.54) is 0 Å². The molecule has 1 N–H and O–H groups in total. The monoisotopic (exact) mass is 212 g/mol. The summed E-state index contributed by atoms with van der Waals surface area (Å²) in [7, 11) is 0. The van der Waals surface area contributed by atoms with Crippen LogP contribution in [0, 0.1) is 6.92 Å². The van der Waals surface area contributed by atoms with Crippen molar-refractivity contribution >= 4 is 17.4 Å². The molecule has 0 amide bonds. The molecule has 14 heavy (non-hydrogen) atoms. The van der Waals surface area contributed by atoms with E-state index in [-0.39, 0.29) is 5.78 Å². The number of benzene rings is 1. The van der Waals surface area contributed by atoms with Gasteiger partial charge in [0.15, 0.2) is 5.78 Å². The lowest BCUT2D eigenvalue weighted by Crippen LogP contribution is -2.10. The van der Waals surface area contributed by atoms with Crippen LogP contribution in [-0.4, -0.2) is 10.9 Å². The van der Waals surface area contributed by atoms with E-state index < -0.39 is 6.10 Å². The Kier molecular flexibility index (Phi) is 3.67. The van der Waals surface area contributed by atoms with Crippen LogP contribution in [0.25, 0.3) is 0 Å². The molecule has 3 heteroatoms. The third kappa shape index (κ3) is 2.56. The van der Waals surface area contributed by atoms with Gasteiger partial charge in [-0.1, -0.05) is 24.6 Å². The van der Waals surface area contributed by atoms with Crippen LogP contribution in [0.3, 0.4) is 0 Å². The Morgan fingerprint density at radius 2 is 2.14 bits per heavy atom. The number of rotatable bonds is 3. The number of ketones is 1. The molecule has 1 aromatic carbocycles. The van der Waals surface area contributed by atoms with E-state index in [1.807, 2.05) is 6.92 Å². The Morgan fingerprint density at radius 1 is 1.50 bits per heavy atom. The first-order valence-corrected chi connectivity index (χ1v) is 4.90. The van der Waals surface area contributed by atoms with E-state index in [2.05, 4.69) is 0 Å². The van der Waals surface area contributed by atoms with Gasteiger partial charge in [0.25, 0.3) is 0 Å². The first-order chi connectivity index (χ1) is 6.54. The van der Waals surface area contributed by atoms with Gasteiger partial charge in [-0.05, 0) is 30.2 Å². The molecule has 0 bridgehead atoms. The Labute approximate surface area is 88.5 Å². The zero-order valence-electron chi connectivity index (χ0n) is 8.25. The second-order valence-electron chi connectivity index (χ2n) is 3.28. The third-order valence-electron chi connectivity index (χ3n) is 2.03. The second kappa shape index (κ2) is 4.58. The number of hydrogen-bond donors (Lipinski definition) is 1. The van der Waals surface area contributed by atoms with Gasteiger partial charge in [0, 0.05) is 11.4 Å². The van der Waals surface area contributed by atoms with Crippen LogP contribution in [-0.2, 0) is 4.79 Å². The minimum Gasteiger partial charge on any atom is -0.381 e. The second-order valence-corrected chi connectivity index (χ2v) is 3.72. The first kappa shape index (κ1) is 11.2. The fourth-order valence-corrected chi connectivity index (χ4v) is 1.60. The zero-order valence-corrected chi connectivity index (χ0v) is 9.01. The highest BCUT2D eigenvalue weighted by Crippen LogP contribution is 2.21. The fourth-order valence-electron chi connectivity index (χ4n) is 1.30. The summed E-state index contributed by atoms with van der Waals surface area (Å²) in [5, 5.41) is 10.2. The van der Waals surface area contributed by atoms with Crippen LogP contribution in [0.2, 0.25) is 5.02 Å². The van der Waals surface area contributed by atoms with Crippen molar-refractivity contribution in [2.24, 2.45) is 0 Å². The van der Waals surface area contributed by atoms with Crippen LogP contribution in [0.15, 0.2) is 18.2 Å². The van der Waals surface area contributed by atoms with Crippen LogP contribution in [0.4, 0.5) is 0 Å². The van der Waals surface area contributed by atoms with Gasteiger partial charge in [-0.25, -0.2) is 0 Å². The summed E-state index contributed by atoms with van der Waals surface area (Å²) in [6.45, 7) is 3.60. The minimum absolute atomic E-state index is 0.188. The number of halogens is 1. The van der Waals surface area contributed by atoms with E-state index >= 15 is 0 Å². The summed E-state index contributed by atoms with van der Waals surface area (Å²) >= 11 is 5.82. The van der Waals surface area contributed by atoms with Gasteiger partial charge in [-0.2, -0.15) is 0 Å². The molecule has 0 radical (unpaired) electrons. The molecule has 0 spiro atoms. The molecule has 0 aliphatic rings. The topological polar surface area (TPSA) is 37.3 Å². The number of carbonyl (C=O) groups is 1. The zero-order chi connectivity index (χ0) is 10.7. The van der Waals surface area contributed by atoms with Gasteiger partial charge in [-0.15, -0.1) is 0 Å². The Bertz CT molecular complexity index is 327. The number of Topliss-reactive ketones (excluding diaryl/α,β-unsaturated/α-hetero) is 1. The van der Waals surface area contributed by atoms with Gasteiger partial charge in [0.2, 0.25) is 0 Å². The molecule has 1 atom stereocenters. The molecule has 1 rings (SSSR count). The molecule has 0 saturated carbocycles. The minimum atomic E-state index is -1.04. The van der Waals surface area contributed by atoms with Crippen LogP contribution in [0.5, 0.6) is 0 Å². The Morgan fingerprint density at radius 3 is 2.64 bits per heavy atom. The number of aliphatic hydroxyl groups excluding tert-OH is 1. The quantitative estimate of drug-likeness (QED) is 0.837. The molecular weight excluding hydrogens is 200 g/mol. The van der Waals surface area contributed by atoms with Crippen molar-refractivity contribution in [1.82, 2.24) is 0 Å². The number of aryl methyl sites for hydroxylation is 1. The van der Waals surface area contributed by atoms with E-state index in [0.717, 1.165) is 5.56 Å². The van der Waals surface area contributed by atoms with Crippen molar-refractivity contribution in [3.05, 3.63) is 34.3 Å². The van der Waals surface area contributed by atoms with Gasteiger partial charge in [0.05, 0.1) is 0 Å². The highest BCUT2D eigenvalue weighted by Gasteiger charge is 2.15. The normalized spacial score (nSPS) is 12.6. The van der Waals surface area contributed by atoms with Crippen molar-refractivity contribution < 1.29 is 9.90 Å². The molecular formula is C11H13ClO2. The fraction of sp³-hybridized carbons (Fsp3) is 0.364. The molecule has 0 aromatic heterocycles. The van der Waals surface area contributed by atoms with Crippen molar-refractivity contribution in [3.63, 3.8) is 0 Å². The molecule has 2 nitrogen and oxygen atoms in total. The van der Waals surface area contributed by atoms with Crippen molar-refractivity contribution in [1.29, 1.82) is 0 Å². The highest BCUT2D eigenvalue weighted by molar-refractivity contribution is 6.30. The van der Waals surface area contributed by atoms with Crippen LogP contribution >= 0.6 is 11.6 Å². The molecule has 0 fully saturated rings. The molecule has 0 aliphatic carbocycles. The highest BCUT2D eigenvalue weighted by atomic mass is 35.5. The number of hydrogen-bond acceptors (Lipinski definition) is 2. The number of carbonyl (C=O) groups excluding carboxylic acids is 1. The van der Waals surface area contributed by atoms with Gasteiger partial charge >= 0.3 is 0 Å². The predicted molar refractivity (Wildman–Crippen MR) is 56.4 cm³/mol. The molecule has 1 unspecified atom stereocenters. The average molecular weight is 213 g/mol. The predicted octanol–water partition coefficient (Wildman–Crippen LogP) is 2.66. The largest absolute Gasteiger partial charge is 0.381 e. The standard InChI is InChI=1S/C11H13ClO2/c1-3-10(13)11(14)8-4-7(2)5-9(12)6-8/h4-6,11,14H,3H2,1-2H3. The smallest absolute Gasteiger partial charge is 0.165 e. The summed E-state index contributed by atoms with van der Waals surface area (Å²) in [5.41, 5.74) is 1.51. The molecule has 0 saturated heterocycles. The van der Waals surface area contributed by atoms with Crippen molar-refractivity contribution in [2.75, 3.05) is 0 Å². The Hall–Kier alpha value is -0.860. The lowest BCUT2D eigenvalue weighted by molar-refractivity contribution is -0.127. The van der Waals surface area contributed by atoms with Gasteiger partial charge in [-0.3, -0.25) is 4.79 Å². The average Bonchev–Trinajstić information content (AvgIpc) is 2.14. The van der Waals surface area contributed by atoms with E-state index in [0.29, 0.717) is 17.0 Å². The summed E-state index contributed by atoms with van der Waals surface area (Å²) in [4.78, 5) is 11.2. The van der Waals surface area contributed by atoms with Gasteiger partial charge in [0.1, 0.15) is 6.10 Å². The maximum atomic E-state index is 11.2. The van der Waals surface area contributed by atoms with Gasteiger partial charge < -0.3 is 5.11 Å². The summed E-state index contributed by atoms with van der Waals surface area (Å²) in [6, 6.07) is 5.17. The first-order valence-electron chi connectivity index (χ1n) is 4.52. The van der Waals surface area contributed by atoms with Crippen molar-refractivity contribution in [2.45, 2.75) is 26.4 Å². The Balaban J connectivity index is 3.00. The summed E-state index contributed by atoms with van der Waals surface area (Å²) in [5.74, 6) is -0.188. The lowest BCUT2D eigenvalue weighted by Gasteiger charge is -2.09. The maximum Gasteiger partial charge on any atom is 0.165 e. The van der Waals surface area contributed by atoms with E-state index in [4.69, 9.17) is 11.6 Å². The van der Waals surface area contributed by atoms with Crippen LogP contribution in [0.1, 0.15) is 30.6 Å². The molecule has 0 heterocycles. The van der Waals surface area contributed by atoms with E-state index in [1.54, 1.807) is 25.1 Å². The van der Waals surface area contributed by atoms with E-state index in [9.17, 15) is 9.90 Å². The molecule has 1 aromatic rings. The summed E-state index contributed by atoms with van der Waals surface area (Å²) in [6.07, 6.45) is -0.718. The number of aliphatic hydroxyl groups is 1. The SMILES string of the molecule is CCC(=O)C(O)c1cc(C)cc(Cl)c1. The third-order valence-corrected chi connectivity index (χ3v) is 2.25. The van der Waals surface area contributed by atoms with Crippen LogP contribution < -0.4 is 0 Å². The molecule has 76 valence electrons. The lowest BCUT2D eigenvalue weighted by atomic mass is 10.0. The summed E-state index contributed by atoms with van der Waals surface area (Å²) < 4.78 is 0. The van der Waals surface area contributed by atoms with Crippen molar-refractivity contribution in [3.8, 4) is 0 Å². The maximum absolute atomic E-state index is 11.2. The molecule has 0 aliphatic heterocycles.